The van der Waals surface area contributed by atoms with Crippen molar-refractivity contribution in [1.82, 2.24) is 14.4 Å². The van der Waals surface area contributed by atoms with Crippen molar-refractivity contribution in [3.63, 3.8) is 0 Å². The summed E-state index contributed by atoms with van der Waals surface area (Å²) in [5, 5.41) is 12.6. The second kappa shape index (κ2) is 9.71. The van der Waals surface area contributed by atoms with Crippen LogP contribution in [0.15, 0.2) is 18.2 Å². The Morgan fingerprint density at radius 1 is 0.818 bits per heavy atom. The van der Waals surface area contributed by atoms with Crippen molar-refractivity contribution in [3.05, 3.63) is 35.0 Å². The van der Waals surface area contributed by atoms with Crippen LogP contribution in [0.1, 0.15) is 99.4 Å². The quantitative estimate of drug-likeness (QED) is 0.643. The maximum Gasteiger partial charge on any atom is 0.0794 e. The number of hydrogen-bond acceptors (Lipinski definition) is 3. The lowest BCUT2D eigenvalue weighted by molar-refractivity contribution is 0.0426. The second-order valence-corrected chi connectivity index (χ2v) is 11.4. The van der Waals surface area contributed by atoms with E-state index in [2.05, 4.69) is 32.6 Å². The van der Waals surface area contributed by atoms with Crippen molar-refractivity contribution in [1.29, 1.82) is 0 Å². The molecule has 3 heterocycles. The first-order valence-corrected chi connectivity index (χ1v) is 14.1. The number of nitrogens with zero attached hydrogens (tertiary/aromatic N) is 3. The lowest BCUT2D eigenvalue weighted by Crippen LogP contribution is -2.46. The van der Waals surface area contributed by atoms with Gasteiger partial charge in [0.15, 0.2) is 0 Å². The second-order valence-electron chi connectivity index (χ2n) is 11.4. The number of aromatic nitrogens is 1. The van der Waals surface area contributed by atoms with Crippen molar-refractivity contribution in [2.24, 2.45) is 0 Å². The summed E-state index contributed by atoms with van der Waals surface area (Å²) in [5.41, 5.74) is 6.28. The summed E-state index contributed by atoms with van der Waals surface area (Å²) in [6, 6.07) is 7.96. The molecular formula is C29H43N3O. The van der Waals surface area contributed by atoms with Crippen LogP contribution < -0.4 is 0 Å². The van der Waals surface area contributed by atoms with E-state index in [0.29, 0.717) is 6.04 Å². The third kappa shape index (κ3) is 4.39. The predicted octanol–water partition coefficient (Wildman–Crippen LogP) is 5.62. The molecule has 1 aromatic carbocycles. The standard InChI is InChI=1S/C29H43N3O/c33-24(20-30-15-6-1-2-7-16-30)21-31-17-18-32-27-14-13-23(22-9-4-3-5-10-22)19-26(27)25-11-8-12-28(31)29(25)32/h13-14,19,22,24,28,33H,1-12,15-18,20-21H2/t24-,28-/m1/s1. The van der Waals surface area contributed by atoms with E-state index in [4.69, 9.17) is 0 Å². The Morgan fingerprint density at radius 3 is 2.42 bits per heavy atom. The van der Waals surface area contributed by atoms with Crippen molar-refractivity contribution in [2.75, 3.05) is 32.7 Å². The number of aryl methyl sites for hydroxylation is 1. The summed E-state index contributed by atoms with van der Waals surface area (Å²) in [6.07, 6.45) is 15.8. The highest BCUT2D eigenvalue weighted by Gasteiger charge is 2.35. The molecule has 2 atom stereocenters. The van der Waals surface area contributed by atoms with Gasteiger partial charge >= 0.3 is 0 Å². The van der Waals surface area contributed by atoms with Gasteiger partial charge < -0.3 is 14.6 Å². The molecule has 1 N–H and O–H groups in total. The molecule has 1 saturated carbocycles. The van der Waals surface area contributed by atoms with Gasteiger partial charge in [-0.1, -0.05) is 38.2 Å². The highest BCUT2D eigenvalue weighted by Crippen LogP contribution is 2.44. The molecule has 180 valence electrons. The summed E-state index contributed by atoms with van der Waals surface area (Å²) >= 11 is 0. The maximum absolute atomic E-state index is 11.0. The summed E-state index contributed by atoms with van der Waals surface area (Å²) in [4.78, 5) is 5.14. The molecule has 6 rings (SSSR count). The molecule has 0 amide bonds. The average molecular weight is 450 g/mol. The van der Waals surface area contributed by atoms with Gasteiger partial charge in [-0.3, -0.25) is 4.90 Å². The van der Waals surface area contributed by atoms with E-state index < -0.39 is 0 Å². The Labute approximate surface area is 199 Å². The first-order chi connectivity index (χ1) is 16.3. The number of rotatable bonds is 5. The van der Waals surface area contributed by atoms with Crippen molar-refractivity contribution < 1.29 is 5.11 Å². The molecular weight excluding hydrogens is 406 g/mol. The number of likely N-dealkylation sites (tertiary alicyclic amines) is 1. The minimum atomic E-state index is -0.234. The lowest BCUT2D eigenvalue weighted by atomic mass is 9.83. The highest BCUT2D eigenvalue weighted by molar-refractivity contribution is 5.87. The molecule has 0 radical (unpaired) electrons. The zero-order valence-electron chi connectivity index (χ0n) is 20.5. The molecule has 1 aromatic heterocycles. The molecule has 0 spiro atoms. The number of aliphatic hydroxyl groups is 1. The molecule has 0 unspecified atom stereocenters. The predicted molar refractivity (Wildman–Crippen MR) is 136 cm³/mol. The summed E-state index contributed by atoms with van der Waals surface area (Å²) in [5.74, 6) is 0.775. The van der Waals surface area contributed by atoms with Crippen LogP contribution in [0.25, 0.3) is 10.9 Å². The van der Waals surface area contributed by atoms with Gasteiger partial charge in [-0.2, -0.15) is 0 Å². The fourth-order valence-electron chi connectivity index (χ4n) is 7.55. The molecule has 0 bridgehead atoms. The van der Waals surface area contributed by atoms with Gasteiger partial charge in [0, 0.05) is 42.8 Å². The number of β-amino-alcohol motifs (C(OH)–C–C–N with tert-alkyl or cyclic N) is 1. The third-order valence-electron chi connectivity index (χ3n) is 9.20. The Hall–Kier alpha value is -1.36. The zero-order chi connectivity index (χ0) is 22.2. The smallest absolute Gasteiger partial charge is 0.0794 e. The van der Waals surface area contributed by atoms with E-state index in [9.17, 15) is 5.11 Å². The van der Waals surface area contributed by atoms with Crippen molar-refractivity contribution in [3.8, 4) is 0 Å². The van der Waals surface area contributed by atoms with Gasteiger partial charge in [0.25, 0.3) is 0 Å². The van der Waals surface area contributed by atoms with Crippen LogP contribution in [0.3, 0.4) is 0 Å². The lowest BCUT2D eigenvalue weighted by Gasteiger charge is -2.41. The van der Waals surface area contributed by atoms with Crippen molar-refractivity contribution >= 4 is 10.9 Å². The van der Waals surface area contributed by atoms with Crippen LogP contribution >= 0.6 is 0 Å². The highest BCUT2D eigenvalue weighted by atomic mass is 16.3. The topological polar surface area (TPSA) is 31.6 Å². The van der Waals surface area contributed by atoms with Crippen LogP contribution in [0.2, 0.25) is 0 Å². The van der Waals surface area contributed by atoms with Crippen LogP contribution in [0.4, 0.5) is 0 Å². The molecule has 4 aliphatic rings. The zero-order valence-corrected chi connectivity index (χ0v) is 20.5. The van der Waals surface area contributed by atoms with Gasteiger partial charge in [0.2, 0.25) is 0 Å². The Balaban J connectivity index is 1.23. The minimum Gasteiger partial charge on any atom is -0.390 e. The first kappa shape index (κ1) is 22.1. The summed E-state index contributed by atoms with van der Waals surface area (Å²) < 4.78 is 2.65. The van der Waals surface area contributed by atoms with E-state index in [1.54, 1.807) is 22.2 Å². The van der Waals surface area contributed by atoms with Crippen molar-refractivity contribution in [2.45, 2.75) is 102 Å². The minimum absolute atomic E-state index is 0.234. The molecule has 2 aliphatic carbocycles. The van der Waals surface area contributed by atoms with E-state index in [1.807, 2.05) is 0 Å². The van der Waals surface area contributed by atoms with Crippen LogP contribution in [-0.2, 0) is 13.0 Å². The van der Waals surface area contributed by atoms with Crippen LogP contribution in [0.5, 0.6) is 0 Å². The third-order valence-corrected chi connectivity index (χ3v) is 9.20. The normalized spacial score (nSPS) is 26.3. The van der Waals surface area contributed by atoms with E-state index in [-0.39, 0.29) is 6.10 Å². The molecule has 2 fully saturated rings. The Kier molecular flexibility index (Phi) is 6.51. The van der Waals surface area contributed by atoms with Gasteiger partial charge in [0.05, 0.1) is 12.1 Å². The molecule has 33 heavy (non-hydrogen) atoms. The van der Waals surface area contributed by atoms with Crippen LogP contribution in [-0.4, -0.2) is 58.3 Å². The molecule has 2 aliphatic heterocycles. The fraction of sp³-hybridized carbons (Fsp3) is 0.724. The molecule has 1 saturated heterocycles. The van der Waals surface area contributed by atoms with E-state index in [0.717, 1.165) is 32.1 Å². The van der Waals surface area contributed by atoms with Gasteiger partial charge in [0.1, 0.15) is 0 Å². The average Bonchev–Trinajstić information content (AvgIpc) is 2.98. The summed E-state index contributed by atoms with van der Waals surface area (Å²) in [7, 11) is 0. The SMILES string of the molecule is O[C@H](CN1CCCCCC1)CN1CCn2c3c(c4cc(C5CCCCC5)ccc42)CCC[C@H]31. The number of hydrogen-bond donors (Lipinski definition) is 1. The van der Waals surface area contributed by atoms with E-state index >= 15 is 0 Å². The first-order valence-electron chi connectivity index (χ1n) is 14.1. The number of aliphatic hydroxyl groups excluding tert-OH is 1. The Bertz CT molecular complexity index is 951. The van der Waals surface area contributed by atoms with Gasteiger partial charge in [-0.25, -0.2) is 0 Å². The largest absolute Gasteiger partial charge is 0.390 e. The monoisotopic (exact) mass is 449 g/mol. The van der Waals surface area contributed by atoms with Crippen LogP contribution in [0, 0.1) is 0 Å². The van der Waals surface area contributed by atoms with E-state index in [1.165, 1.54) is 95.7 Å². The maximum atomic E-state index is 11.0. The number of fused-ring (bicyclic) bond motifs is 3. The van der Waals surface area contributed by atoms with Gasteiger partial charge in [-0.05, 0) is 87.2 Å². The summed E-state index contributed by atoms with van der Waals surface area (Å²) in [6.45, 7) is 6.16. The molecule has 4 nitrogen and oxygen atoms in total. The fourth-order valence-corrected chi connectivity index (χ4v) is 7.55. The molecule has 2 aromatic rings. The molecule has 4 heteroatoms. The number of benzene rings is 1. The Morgan fingerprint density at radius 2 is 1.61 bits per heavy atom. The van der Waals surface area contributed by atoms with Gasteiger partial charge in [-0.15, -0.1) is 0 Å².